The van der Waals surface area contributed by atoms with Gasteiger partial charge in [-0.25, -0.2) is 0 Å². The van der Waals surface area contributed by atoms with Crippen LogP contribution in [0.4, 0.5) is 0 Å². The number of aryl methyl sites for hydroxylation is 2. The second-order valence-corrected chi connectivity index (χ2v) is 6.83. The van der Waals surface area contributed by atoms with E-state index < -0.39 is 0 Å². The predicted molar refractivity (Wildman–Crippen MR) is 79.1 cm³/mol. The third-order valence-electron chi connectivity index (χ3n) is 4.57. The lowest BCUT2D eigenvalue weighted by Crippen LogP contribution is -2.26. The molecule has 2 rings (SSSR count). The third-order valence-corrected chi connectivity index (χ3v) is 4.57. The summed E-state index contributed by atoms with van der Waals surface area (Å²) in [6.45, 7) is 14.8. The van der Waals surface area contributed by atoms with Gasteiger partial charge in [-0.05, 0) is 48.8 Å². The van der Waals surface area contributed by atoms with Crippen molar-refractivity contribution in [2.24, 2.45) is 11.3 Å². The third kappa shape index (κ3) is 2.47. The zero-order valence-electron chi connectivity index (χ0n) is 12.7. The second kappa shape index (κ2) is 4.70. The molecular formula is C17H27N. The molecule has 0 bridgehead atoms. The molecule has 100 valence electrons. The first-order chi connectivity index (χ1) is 8.34. The van der Waals surface area contributed by atoms with E-state index in [1.165, 1.54) is 11.1 Å². The fourth-order valence-corrected chi connectivity index (χ4v) is 3.20. The SMILES string of the molecule is Cc1ccc(C)c(C2C(CNC(C)C)C2(C)C)c1. The lowest BCUT2D eigenvalue weighted by Gasteiger charge is -2.09. The minimum Gasteiger partial charge on any atom is -0.314 e. The summed E-state index contributed by atoms with van der Waals surface area (Å²) < 4.78 is 0. The van der Waals surface area contributed by atoms with Gasteiger partial charge in [-0.3, -0.25) is 0 Å². The predicted octanol–water partition coefficient (Wildman–Crippen LogP) is 4.04. The average Bonchev–Trinajstić information content (AvgIpc) is 2.81. The topological polar surface area (TPSA) is 12.0 Å². The second-order valence-electron chi connectivity index (χ2n) is 6.83. The maximum atomic E-state index is 3.60. The van der Waals surface area contributed by atoms with Crippen LogP contribution in [0.1, 0.15) is 50.3 Å². The molecule has 1 N–H and O–H groups in total. The Morgan fingerprint density at radius 2 is 1.89 bits per heavy atom. The van der Waals surface area contributed by atoms with Gasteiger partial charge in [0.15, 0.2) is 0 Å². The Balaban J connectivity index is 2.16. The van der Waals surface area contributed by atoms with E-state index in [9.17, 15) is 0 Å². The van der Waals surface area contributed by atoms with E-state index in [0.29, 0.717) is 11.5 Å². The first kappa shape index (κ1) is 13.6. The van der Waals surface area contributed by atoms with E-state index in [1.54, 1.807) is 5.56 Å². The van der Waals surface area contributed by atoms with Gasteiger partial charge < -0.3 is 5.32 Å². The molecule has 2 unspecified atom stereocenters. The van der Waals surface area contributed by atoms with E-state index in [4.69, 9.17) is 0 Å². The molecule has 1 saturated carbocycles. The summed E-state index contributed by atoms with van der Waals surface area (Å²) in [6, 6.07) is 7.46. The van der Waals surface area contributed by atoms with Crippen LogP contribution in [-0.4, -0.2) is 12.6 Å². The summed E-state index contributed by atoms with van der Waals surface area (Å²) in [6.07, 6.45) is 0. The van der Waals surface area contributed by atoms with Gasteiger partial charge in [-0.15, -0.1) is 0 Å². The van der Waals surface area contributed by atoms with Gasteiger partial charge >= 0.3 is 0 Å². The van der Waals surface area contributed by atoms with Crippen LogP contribution in [-0.2, 0) is 0 Å². The molecule has 0 spiro atoms. The first-order valence-corrected chi connectivity index (χ1v) is 7.14. The molecule has 1 aromatic carbocycles. The van der Waals surface area contributed by atoms with Crippen molar-refractivity contribution in [3.63, 3.8) is 0 Å². The highest BCUT2D eigenvalue weighted by Crippen LogP contribution is 2.64. The molecule has 1 aromatic rings. The van der Waals surface area contributed by atoms with Gasteiger partial charge in [0.25, 0.3) is 0 Å². The maximum Gasteiger partial charge on any atom is 0.00105 e. The summed E-state index contributed by atoms with van der Waals surface area (Å²) in [5.41, 5.74) is 4.84. The Morgan fingerprint density at radius 1 is 1.22 bits per heavy atom. The molecule has 1 aliphatic rings. The average molecular weight is 245 g/mol. The maximum absolute atomic E-state index is 3.60. The van der Waals surface area contributed by atoms with Crippen LogP contribution in [0.2, 0.25) is 0 Å². The van der Waals surface area contributed by atoms with Crippen LogP contribution in [0, 0.1) is 25.2 Å². The van der Waals surface area contributed by atoms with Crippen molar-refractivity contribution in [2.75, 3.05) is 6.54 Å². The molecule has 18 heavy (non-hydrogen) atoms. The standard InChI is InChI=1S/C17H27N/c1-11(2)18-10-15-16(17(15,5)6)14-9-12(3)7-8-13(14)4/h7-9,11,15-16,18H,10H2,1-6H3. The number of hydrogen-bond donors (Lipinski definition) is 1. The van der Waals surface area contributed by atoms with Crippen molar-refractivity contribution >= 4 is 0 Å². The van der Waals surface area contributed by atoms with Crippen molar-refractivity contribution in [3.8, 4) is 0 Å². The van der Waals surface area contributed by atoms with Crippen LogP contribution in [0.5, 0.6) is 0 Å². The van der Waals surface area contributed by atoms with Crippen LogP contribution in [0.25, 0.3) is 0 Å². The molecule has 0 radical (unpaired) electrons. The Hall–Kier alpha value is -0.820. The van der Waals surface area contributed by atoms with Crippen molar-refractivity contribution in [2.45, 2.75) is 53.5 Å². The molecular weight excluding hydrogens is 218 g/mol. The lowest BCUT2D eigenvalue weighted by atomic mass is 9.97. The fraction of sp³-hybridized carbons (Fsp3) is 0.647. The van der Waals surface area contributed by atoms with Gasteiger partial charge in [0.1, 0.15) is 0 Å². The molecule has 0 saturated heterocycles. The van der Waals surface area contributed by atoms with Crippen molar-refractivity contribution < 1.29 is 0 Å². The van der Waals surface area contributed by atoms with Gasteiger partial charge in [-0.2, -0.15) is 0 Å². The summed E-state index contributed by atoms with van der Waals surface area (Å²) in [7, 11) is 0. The van der Waals surface area contributed by atoms with Crippen LogP contribution in [0.3, 0.4) is 0 Å². The number of hydrogen-bond acceptors (Lipinski definition) is 1. The smallest absolute Gasteiger partial charge is 0.00105 e. The quantitative estimate of drug-likeness (QED) is 0.844. The molecule has 1 fully saturated rings. The highest BCUT2D eigenvalue weighted by molar-refractivity contribution is 5.40. The van der Waals surface area contributed by atoms with E-state index in [2.05, 4.69) is 65.1 Å². The largest absolute Gasteiger partial charge is 0.314 e. The number of rotatable bonds is 4. The number of nitrogens with one attached hydrogen (secondary N) is 1. The summed E-state index contributed by atoms with van der Waals surface area (Å²) in [4.78, 5) is 0. The van der Waals surface area contributed by atoms with Gasteiger partial charge in [-0.1, -0.05) is 51.5 Å². The van der Waals surface area contributed by atoms with Crippen LogP contribution >= 0.6 is 0 Å². The molecule has 1 aliphatic carbocycles. The molecule has 0 amide bonds. The Labute approximate surface area is 112 Å². The molecule has 0 heterocycles. The monoisotopic (exact) mass is 245 g/mol. The summed E-state index contributed by atoms with van der Waals surface area (Å²) in [5.74, 6) is 1.50. The van der Waals surface area contributed by atoms with Crippen molar-refractivity contribution in [1.29, 1.82) is 0 Å². The Morgan fingerprint density at radius 3 is 2.50 bits per heavy atom. The molecule has 2 atom stereocenters. The minimum absolute atomic E-state index is 0.445. The molecule has 1 heteroatoms. The summed E-state index contributed by atoms with van der Waals surface area (Å²) >= 11 is 0. The van der Waals surface area contributed by atoms with E-state index >= 15 is 0 Å². The van der Waals surface area contributed by atoms with Crippen LogP contribution < -0.4 is 5.32 Å². The Bertz CT molecular complexity index is 431. The molecule has 0 aliphatic heterocycles. The fourth-order valence-electron chi connectivity index (χ4n) is 3.20. The van der Waals surface area contributed by atoms with Gasteiger partial charge in [0.2, 0.25) is 0 Å². The van der Waals surface area contributed by atoms with Crippen molar-refractivity contribution in [3.05, 3.63) is 34.9 Å². The van der Waals surface area contributed by atoms with Crippen LogP contribution in [0.15, 0.2) is 18.2 Å². The normalized spacial score (nSPS) is 25.5. The highest BCUT2D eigenvalue weighted by Gasteiger charge is 2.57. The first-order valence-electron chi connectivity index (χ1n) is 7.14. The van der Waals surface area contributed by atoms with E-state index in [-0.39, 0.29) is 0 Å². The van der Waals surface area contributed by atoms with E-state index in [0.717, 1.165) is 18.4 Å². The highest BCUT2D eigenvalue weighted by atomic mass is 14.9. The molecule has 0 aromatic heterocycles. The lowest BCUT2D eigenvalue weighted by molar-refractivity contribution is 0.491. The van der Waals surface area contributed by atoms with Gasteiger partial charge in [0.05, 0.1) is 0 Å². The summed E-state index contributed by atoms with van der Waals surface area (Å²) in [5, 5.41) is 3.60. The Kier molecular flexibility index (Phi) is 3.55. The van der Waals surface area contributed by atoms with Crippen molar-refractivity contribution in [1.82, 2.24) is 5.32 Å². The zero-order chi connectivity index (χ0) is 13.5. The zero-order valence-corrected chi connectivity index (χ0v) is 12.7. The van der Waals surface area contributed by atoms with E-state index in [1.807, 2.05) is 0 Å². The molecule has 1 nitrogen and oxygen atoms in total. The number of benzene rings is 1. The minimum atomic E-state index is 0.445. The van der Waals surface area contributed by atoms with Gasteiger partial charge in [0, 0.05) is 6.04 Å².